The van der Waals surface area contributed by atoms with Crippen LogP contribution in [0, 0.1) is 49.4 Å². The molecule has 0 aromatic carbocycles. The van der Waals surface area contributed by atoms with Crippen molar-refractivity contribution in [2.45, 2.75) is 166 Å². The summed E-state index contributed by atoms with van der Waals surface area (Å²) in [6.07, 6.45) is 0.787. The van der Waals surface area contributed by atoms with Gasteiger partial charge in [-0.3, -0.25) is 57.9 Å². The van der Waals surface area contributed by atoms with Gasteiger partial charge in [-0.15, -0.1) is 45.8 Å². The van der Waals surface area contributed by atoms with Crippen LogP contribution in [0.4, 0.5) is 5.13 Å². The van der Waals surface area contributed by atoms with Crippen molar-refractivity contribution in [2.24, 2.45) is 51.0 Å². The van der Waals surface area contributed by atoms with Crippen LogP contribution in [-0.4, -0.2) is 257 Å². The van der Waals surface area contributed by atoms with Crippen LogP contribution in [0.3, 0.4) is 0 Å². The van der Waals surface area contributed by atoms with Gasteiger partial charge in [0.1, 0.15) is 41.5 Å². The first-order valence-electron chi connectivity index (χ1n) is 36.0. The van der Waals surface area contributed by atoms with E-state index < -0.39 is 251 Å². The maximum atomic E-state index is 13.5. The second-order valence-corrected chi connectivity index (χ2v) is 39.0. The number of β-lactam (4-membered cyclic amide) rings is 3. The van der Waals surface area contributed by atoms with E-state index in [1.165, 1.54) is 50.1 Å². The number of ether oxygens (including phenoxy) is 7. The zero-order valence-corrected chi connectivity index (χ0v) is 70.2. The van der Waals surface area contributed by atoms with Gasteiger partial charge < -0.3 is 63.6 Å². The second-order valence-electron chi connectivity index (χ2n) is 30.6. The molecule has 9 aliphatic heterocycles. The molecule has 118 heavy (non-hydrogen) atoms. The Kier molecular flexibility index (Phi) is 26.5. The fraction of sp³-hybridized carbons (Fsp3) is 0.563. The number of carboxylic acids is 2. The SMILES string of the molecule is CC(C)=CCOC(=O)[C@]12OC(=O)C[C@H]1CS(=O)(=O)[C@@H]1[C@H](CC(=O)/C(=N\OCC(=O)OC(C)(C)C)c3csc(C)n3)C(=O)N12.CC(C)=CCOC(=O)[C@]12OC(=O)C[C@H]1CS[C@@H]1[C@H](CC(=O)/C(=N\OCC(=O)OC(C)(C)C)c3csc(C)n3)C(=O)N12.Nc1nc(/C(=N/OCC(=O)O)C(=O)C[C@@H]2C(=O)N3[C@@H]2S(=O)(=O)C[C@@H]2CC(=O)O[C@@]23C(=O)O)cs1. The molecule has 638 valence electrons. The van der Waals surface area contributed by atoms with Crippen LogP contribution in [0.15, 0.2) is 54.9 Å². The van der Waals surface area contributed by atoms with E-state index in [0.29, 0.717) is 20.7 Å². The lowest BCUT2D eigenvalue weighted by atomic mass is 9.84. The fourth-order valence-corrected chi connectivity index (χ4v) is 22.4. The average Bonchev–Trinajstić information content (AvgIpc) is 1.46. The minimum atomic E-state index is -4.14. The molecule has 3 aromatic heterocycles. The molecule has 12 rings (SSSR count). The average molecular weight is 1760 g/mol. The minimum absolute atomic E-state index is 0.0141. The molecule has 0 unspecified atom stereocenters. The number of hydrogen-bond acceptors (Lipinski definition) is 40. The molecule has 9 fully saturated rings. The van der Waals surface area contributed by atoms with Crippen LogP contribution in [-0.2, 0) is 139 Å². The zero-order chi connectivity index (χ0) is 87.0. The number of rotatable bonds is 28. The van der Waals surface area contributed by atoms with E-state index in [1.807, 2.05) is 13.8 Å². The third-order valence-corrected chi connectivity index (χ3v) is 27.0. The number of thiazole rings is 3. The largest absolute Gasteiger partial charge is 0.479 e. The van der Waals surface area contributed by atoms with Crippen molar-refractivity contribution in [2.75, 3.05) is 56.0 Å². The number of nitrogens with two attached hydrogens (primary N) is 1. The number of nitrogen functional groups attached to an aromatic ring is 1. The molecule has 47 heteroatoms. The van der Waals surface area contributed by atoms with Crippen LogP contribution in [0.2, 0.25) is 0 Å². The molecule has 41 nitrogen and oxygen atoms in total. The lowest BCUT2D eigenvalue weighted by Gasteiger charge is -2.57. The molecular formula is C71H82N10O31S6. The molecule has 12 heterocycles. The number of Topliss-reactive ketones (excluding diaryl/α,β-unsaturated/α-hetero) is 3. The number of ketones is 3. The Morgan fingerprint density at radius 3 is 1.29 bits per heavy atom. The standard InChI is InChI=1S/C27H33N3O11S2.C27H33N3O9S2.C17H16N4O11S2/c1-14(2)7-8-38-25(35)27-16(9-20(32)41-27)13-43(36,37)24-17(23(34)30(24)27)10-19(31)22(18-12-42-15(3)28-18)29-39-11-21(33)40-26(4,5)6;1-14(2)7-8-36-25(35)27-16(9-20(32)39-27)12-41-24-17(23(34)30(24)27)10-19(31)22(18-13-40-15(3)28-18)29-37-11-21(33)38-26(4,5)6;18-16-19-8(4-33-16)12(20-31-3-10(23)24)9(22)2-7-13(26)21-14(7)34(29,30)5-6-1-11(25)32-17(6,21)15(27)28/h7,12,16-17,24H,8-11,13H2,1-6H3;7,13,16-17,24H,8-12H2,1-6H3;4,6-7,14H,1-3,5H2,(H2,18,19)(H,23,24)(H,27,28)/b2*29-22-;20-12-/t2*16-,17+,24+,27+;6-,7+,14+,17+/m000/s1. The van der Waals surface area contributed by atoms with Gasteiger partial charge in [0, 0.05) is 47.1 Å². The molecule has 0 aliphatic carbocycles. The number of aliphatic carboxylic acids is 2. The van der Waals surface area contributed by atoms with Gasteiger partial charge in [-0.2, -0.15) is 0 Å². The maximum Gasteiger partial charge on any atom is 0.373 e. The van der Waals surface area contributed by atoms with Crippen LogP contribution in [0.25, 0.3) is 0 Å². The van der Waals surface area contributed by atoms with Crippen LogP contribution in [0.5, 0.6) is 0 Å². The molecule has 0 saturated carbocycles. The molecule has 12 atom stereocenters. The monoisotopic (exact) mass is 1760 g/mol. The Bertz CT molecular complexity index is 5060. The number of carboxylic acid groups (broad SMARTS) is 2. The first-order valence-corrected chi connectivity index (χ1v) is 43.1. The summed E-state index contributed by atoms with van der Waals surface area (Å²) < 4.78 is 89.4. The molecule has 0 spiro atoms. The highest BCUT2D eigenvalue weighted by Gasteiger charge is 2.77. The molecule has 4 N–H and O–H groups in total. The number of oxime groups is 3. The first kappa shape index (κ1) is 89.8. The topological polar surface area (TPSA) is 569 Å². The lowest BCUT2D eigenvalue weighted by molar-refractivity contribution is -0.223. The smallest absolute Gasteiger partial charge is 0.373 e. The first-order chi connectivity index (χ1) is 55.1. The van der Waals surface area contributed by atoms with Gasteiger partial charge in [0.05, 0.1) is 75.7 Å². The number of carbonyl (C=O) groups excluding carboxylic acids is 13. The van der Waals surface area contributed by atoms with Gasteiger partial charge in [-0.05, 0) is 95.2 Å². The lowest BCUT2D eigenvalue weighted by Crippen LogP contribution is -2.79. The maximum absolute atomic E-state index is 13.5. The number of allylic oxidation sites excluding steroid dienone is 2. The number of hydrogen-bond donors (Lipinski definition) is 3. The van der Waals surface area contributed by atoms with Crippen molar-refractivity contribution < 1.29 is 147 Å². The Hall–Kier alpha value is -10.5. The summed E-state index contributed by atoms with van der Waals surface area (Å²) in [6.45, 7) is 18.6. The van der Waals surface area contributed by atoms with Gasteiger partial charge in [0.15, 0.2) is 70.0 Å². The quantitative estimate of drug-likeness (QED) is 0.0234. The fourth-order valence-electron chi connectivity index (χ4n) is 14.2. The highest BCUT2D eigenvalue weighted by molar-refractivity contribution is 8.00. The van der Waals surface area contributed by atoms with Crippen molar-refractivity contribution in [1.82, 2.24) is 29.7 Å². The molecule has 0 radical (unpaired) electrons. The van der Waals surface area contributed by atoms with Crippen molar-refractivity contribution in [1.29, 1.82) is 0 Å². The molecular weight excluding hydrogens is 1680 g/mol. The van der Waals surface area contributed by atoms with Crippen LogP contribution < -0.4 is 5.73 Å². The Morgan fingerprint density at radius 1 is 0.542 bits per heavy atom. The highest BCUT2D eigenvalue weighted by Crippen LogP contribution is 2.56. The van der Waals surface area contributed by atoms with Crippen LogP contribution >= 0.6 is 45.8 Å². The number of aromatic nitrogens is 3. The number of esters is 7. The Labute approximate surface area is 688 Å². The molecule has 3 aromatic rings. The summed E-state index contributed by atoms with van der Waals surface area (Å²) in [5.41, 5.74) is -1.40. The summed E-state index contributed by atoms with van der Waals surface area (Å²) in [5, 5.41) is 31.5. The van der Waals surface area contributed by atoms with Crippen molar-refractivity contribution in [3.05, 3.63) is 66.5 Å². The van der Waals surface area contributed by atoms with Gasteiger partial charge in [0.25, 0.3) is 17.2 Å². The number of thioether (sulfide) groups is 1. The van der Waals surface area contributed by atoms with E-state index in [-0.39, 0.29) is 59.7 Å². The minimum Gasteiger partial charge on any atom is -0.479 e. The van der Waals surface area contributed by atoms with Gasteiger partial charge in [0.2, 0.25) is 37.5 Å². The number of sulfone groups is 2. The highest BCUT2D eigenvalue weighted by atomic mass is 32.2. The van der Waals surface area contributed by atoms with Gasteiger partial charge in [-0.25, -0.2) is 60.6 Å². The molecule has 9 aliphatic rings. The Balaban J connectivity index is 0.000000188. The van der Waals surface area contributed by atoms with Crippen molar-refractivity contribution in [3.8, 4) is 0 Å². The summed E-state index contributed by atoms with van der Waals surface area (Å²) in [5.74, 6) is -21.0. The predicted octanol–water partition coefficient (Wildman–Crippen LogP) is 2.27. The normalized spacial score (nSPS) is 26.8. The van der Waals surface area contributed by atoms with Gasteiger partial charge in [-0.1, -0.05) is 26.6 Å². The van der Waals surface area contributed by atoms with Crippen molar-refractivity contribution in [3.63, 3.8) is 0 Å². The molecule has 3 amide bonds. The van der Waals surface area contributed by atoms with E-state index >= 15 is 0 Å². The molecule has 9 saturated heterocycles. The second kappa shape index (κ2) is 34.8. The van der Waals surface area contributed by atoms with Gasteiger partial charge >= 0.3 is 53.7 Å². The summed E-state index contributed by atoms with van der Waals surface area (Å²) in [7, 11) is -8.25. The van der Waals surface area contributed by atoms with E-state index in [2.05, 4.69) is 35.3 Å². The number of carbonyl (C=O) groups is 15. The van der Waals surface area contributed by atoms with E-state index in [0.717, 1.165) is 27.4 Å². The summed E-state index contributed by atoms with van der Waals surface area (Å²) in [6, 6.07) is 0. The number of aryl methyl sites for hydroxylation is 2. The van der Waals surface area contributed by atoms with Crippen LogP contribution in [0.1, 0.15) is 135 Å². The summed E-state index contributed by atoms with van der Waals surface area (Å²) in [4.78, 5) is 219. The Morgan fingerprint density at radius 2 is 0.907 bits per heavy atom. The number of amides is 3. The number of fused-ring (bicyclic) bond motifs is 9. The van der Waals surface area contributed by atoms with E-state index in [9.17, 15) is 93.9 Å². The predicted molar refractivity (Wildman–Crippen MR) is 408 cm³/mol. The third-order valence-electron chi connectivity index (χ3n) is 19.0. The van der Waals surface area contributed by atoms with Crippen molar-refractivity contribution >= 4 is 177 Å². The third kappa shape index (κ3) is 18.6. The summed E-state index contributed by atoms with van der Waals surface area (Å²) >= 11 is 4.83. The van der Waals surface area contributed by atoms with E-state index in [1.54, 1.807) is 86.8 Å². The number of anilines is 1. The molecule has 0 bridgehead atoms. The van der Waals surface area contributed by atoms with E-state index in [4.69, 9.17) is 53.7 Å². The zero-order valence-electron chi connectivity index (χ0n) is 65.3. The number of nitrogens with zero attached hydrogens (tertiary/aromatic N) is 9.